The zero-order valence-corrected chi connectivity index (χ0v) is 22.9. The number of allylic oxidation sites excluding steroid dienone is 3. The molecule has 2 aliphatic heterocycles. The van der Waals surface area contributed by atoms with Crippen LogP contribution in [0.25, 0.3) is 5.57 Å². The summed E-state index contributed by atoms with van der Waals surface area (Å²) in [5.41, 5.74) is 4.99. The highest BCUT2D eigenvalue weighted by molar-refractivity contribution is 6.10. The van der Waals surface area contributed by atoms with E-state index in [0.717, 1.165) is 61.3 Å². The van der Waals surface area contributed by atoms with Crippen LogP contribution in [-0.2, 0) is 0 Å². The summed E-state index contributed by atoms with van der Waals surface area (Å²) in [6, 6.07) is 8.13. The lowest BCUT2D eigenvalue weighted by atomic mass is 9.74. The average molecular weight is 463 g/mol. The van der Waals surface area contributed by atoms with E-state index < -0.39 is 0 Å². The molecule has 1 aromatic rings. The normalized spacial score (nSPS) is 19.8. The van der Waals surface area contributed by atoms with Crippen molar-refractivity contribution in [3.63, 3.8) is 0 Å². The van der Waals surface area contributed by atoms with Gasteiger partial charge >= 0.3 is 0 Å². The van der Waals surface area contributed by atoms with E-state index in [4.69, 9.17) is 0 Å². The Morgan fingerprint density at radius 1 is 0.853 bits per heavy atom. The van der Waals surface area contributed by atoms with Gasteiger partial charge in [0.05, 0.1) is 0 Å². The first-order valence-electron chi connectivity index (χ1n) is 13.1. The van der Waals surface area contributed by atoms with Gasteiger partial charge in [-0.25, -0.2) is 0 Å². The number of carbonyl (C=O) groups is 1. The van der Waals surface area contributed by atoms with Gasteiger partial charge in [0, 0.05) is 49.7 Å². The van der Waals surface area contributed by atoms with Crippen molar-refractivity contribution in [3.05, 3.63) is 65.5 Å². The number of Topliss-reactive ketones (excluding diaryl/α,β-unsaturated/α-hetero) is 1. The summed E-state index contributed by atoms with van der Waals surface area (Å²) in [6.07, 6.45) is 6.55. The Morgan fingerprint density at radius 3 is 1.85 bits per heavy atom. The summed E-state index contributed by atoms with van der Waals surface area (Å²) >= 11 is 0. The van der Waals surface area contributed by atoms with Crippen molar-refractivity contribution in [1.82, 2.24) is 9.80 Å². The van der Waals surface area contributed by atoms with Crippen molar-refractivity contribution in [2.75, 3.05) is 26.2 Å². The molecule has 0 atom stereocenters. The fourth-order valence-corrected chi connectivity index (χ4v) is 5.20. The van der Waals surface area contributed by atoms with E-state index in [2.05, 4.69) is 96.3 Å². The zero-order valence-electron chi connectivity index (χ0n) is 22.9. The van der Waals surface area contributed by atoms with E-state index in [1.807, 2.05) is 12.1 Å². The molecule has 0 amide bonds. The third-order valence-corrected chi connectivity index (χ3v) is 7.37. The summed E-state index contributed by atoms with van der Waals surface area (Å²) in [6.45, 7) is 26.7. The SMILES string of the molecule is C=C(C1=CN(CC(C)C)CCC1(C)C)c1cccc(C(=O)C2=CN(CC(C)C)CCC2(C)C)c1. The number of rotatable bonds is 8. The van der Waals surface area contributed by atoms with Gasteiger partial charge in [0.1, 0.15) is 0 Å². The molecule has 0 radical (unpaired) electrons. The summed E-state index contributed by atoms with van der Waals surface area (Å²) in [4.78, 5) is 18.5. The maximum Gasteiger partial charge on any atom is 0.191 e. The van der Waals surface area contributed by atoms with Crippen molar-refractivity contribution in [2.45, 2.75) is 68.2 Å². The lowest BCUT2D eigenvalue weighted by molar-refractivity contribution is 0.0986. The first-order valence-corrected chi connectivity index (χ1v) is 13.1. The van der Waals surface area contributed by atoms with E-state index in [0.29, 0.717) is 11.8 Å². The number of carbonyl (C=O) groups excluding carboxylic acids is 1. The van der Waals surface area contributed by atoms with Crippen molar-refractivity contribution in [1.29, 1.82) is 0 Å². The average Bonchev–Trinajstić information content (AvgIpc) is 2.74. The van der Waals surface area contributed by atoms with Gasteiger partial charge in [-0.05, 0) is 58.3 Å². The summed E-state index contributed by atoms with van der Waals surface area (Å²) in [5, 5.41) is 0. The van der Waals surface area contributed by atoms with Crippen molar-refractivity contribution in [3.8, 4) is 0 Å². The standard InChI is InChI=1S/C31H46N2O/c1-22(2)18-32-15-13-30(6,7)27(20-32)24(5)25-11-10-12-26(17-25)29(34)28-21-33(19-23(3)4)16-14-31(28,8)9/h10-12,17,20-23H,5,13-16,18-19H2,1-4,6-9H3. The first kappa shape index (κ1) is 26.3. The van der Waals surface area contributed by atoms with E-state index >= 15 is 0 Å². The van der Waals surface area contributed by atoms with Crippen LogP contribution in [0.1, 0.15) is 84.2 Å². The minimum Gasteiger partial charge on any atom is -0.377 e. The Hall–Kier alpha value is -2.29. The molecule has 0 N–H and O–H groups in total. The van der Waals surface area contributed by atoms with Crippen LogP contribution in [-0.4, -0.2) is 41.8 Å². The van der Waals surface area contributed by atoms with Crippen LogP contribution in [0.15, 0.2) is 54.4 Å². The van der Waals surface area contributed by atoms with Crippen molar-refractivity contribution in [2.24, 2.45) is 22.7 Å². The van der Waals surface area contributed by atoms with Gasteiger partial charge in [-0.15, -0.1) is 0 Å². The van der Waals surface area contributed by atoms with Crippen LogP contribution in [0, 0.1) is 22.7 Å². The molecule has 0 saturated carbocycles. The molecule has 1 aromatic carbocycles. The highest BCUT2D eigenvalue weighted by Crippen LogP contribution is 2.42. The fraction of sp³-hybridized carbons (Fsp3) is 0.581. The Labute approximate surface area is 208 Å². The van der Waals surface area contributed by atoms with Crippen LogP contribution in [0.4, 0.5) is 0 Å². The van der Waals surface area contributed by atoms with Gasteiger partial charge in [-0.2, -0.15) is 0 Å². The Kier molecular flexibility index (Phi) is 7.85. The van der Waals surface area contributed by atoms with Crippen LogP contribution in [0.2, 0.25) is 0 Å². The van der Waals surface area contributed by atoms with Gasteiger partial charge in [-0.3, -0.25) is 4.79 Å². The predicted molar refractivity (Wildman–Crippen MR) is 146 cm³/mol. The molecule has 34 heavy (non-hydrogen) atoms. The van der Waals surface area contributed by atoms with Crippen LogP contribution < -0.4 is 0 Å². The summed E-state index contributed by atoms with van der Waals surface area (Å²) in [7, 11) is 0. The molecule has 0 fully saturated rings. The lowest BCUT2D eigenvalue weighted by Crippen LogP contribution is -2.36. The molecule has 3 heteroatoms. The first-order chi connectivity index (χ1) is 15.8. The molecule has 2 heterocycles. The molecule has 3 nitrogen and oxygen atoms in total. The van der Waals surface area contributed by atoms with Crippen LogP contribution in [0.5, 0.6) is 0 Å². The number of benzene rings is 1. The van der Waals surface area contributed by atoms with Gasteiger partial charge in [0.15, 0.2) is 5.78 Å². The smallest absolute Gasteiger partial charge is 0.191 e. The fourth-order valence-electron chi connectivity index (χ4n) is 5.20. The zero-order chi connectivity index (χ0) is 25.3. The van der Waals surface area contributed by atoms with Gasteiger partial charge in [-0.1, -0.05) is 80.2 Å². The summed E-state index contributed by atoms with van der Waals surface area (Å²) in [5.74, 6) is 1.34. The monoisotopic (exact) mass is 462 g/mol. The van der Waals surface area contributed by atoms with E-state index in [1.165, 1.54) is 5.57 Å². The topological polar surface area (TPSA) is 23.6 Å². The van der Waals surface area contributed by atoms with E-state index in [9.17, 15) is 4.79 Å². The van der Waals surface area contributed by atoms with Gasteiger partial charge < -0.3 is 9.80 Å². The van der Waals surface area contributed by atoms with Crippen LogP contribution >= 0.6 is 0 Å². The molecule has 0 bridgehead atoms. The van der Waals surface area contributed by atoms with Gasteiger partial charge in [0.25, 0.3) is 0 Å². The van der Waals surface area contributed by atoms with Crippen molar-refractivity contribution < 1.29 is 4.79 Å². The molecular formula is C31H46N2O. The maximum absolute atomic E-state index is 13.8. The maximum atomic E-state index is 13.8. The largest absolute Gasteiger partial charge is 0.377 e. The highest BCUT2D eigenvalue weighted by Gasteiger charge is 2.34. The lowest BCUT2D eigenvalue weighted by Gasteiger charge is -2.39. The highest BCUT2D eigenvalue weighted by atomic mass is 16.1. The molecular weight excluding hydrogens is 416 g/mol. The summed E-state index contributed by atoms with van der Waals surface area (Å²) < 4.78 is 0. The van der Waals surface area contributed by atoms with E-state index in [1.54, 1.807) is 0 Å². The quantitative estimate of drug-likeness (QED) is 0.375. The minimum atomic E-state index is -0.122. The molecule has 3 rings (SSSR count). The second kappa shape index (κ2) is 10.1. The third kappa shape index (κ3) is 6.03. The minimum absolute atomic E-state index is 0.0653. The second-order valence-electron chi connectivity index (χ2n) is 12.5. The second-order valence-corrected chi connectivity index (χ2v) is 12.5. The third-order valence-electron chi connectivity index (χ3n) is 7.37. The van der Waals surface area contributed by atoms with E-state index in [-0.39, 0.29) is 16.6 Å². The molecule has 0 aliphatic carbocycles. The molecule has 186 valence electrons. The van der Waals surface area contributed by atoms with Crippen LogP contribution in [0.3, 0.4) is 0 Å². The number of ketones is 1. The predicted octanol–water partition coefficient (Wildman–Crippen LogP) is 7.43. The molecule has 2 aliphatic rings. The van der Waals surface area contributed by atoms with Gasteiger partial charge in [0.2, 0.25) is 0 Å². The molecule has 0 saturated heterocycles. The Morgan fingerprint density at radius 2 is 1.32 bits per heavy atom. The number of hydrogen-bond acceptors (Lipinski definition) is 3. The molecule has 0 unspecified atom stereocenters. The Balaban J connectivity index is 1.92. The molecule has 0 spiro atoms. The van der Waals surface area contributed by atoms with Crippen molar-refractivity contribution >= 4 is 11.4 Å². The Bertz CT molecular complexity index is 902. The molecule has 0 aromatic heterocycles. The number of nitrogens with zero attached hydrogens (tertiary/aromatic N) is 2. The number of hydrogen-bond donors (Lipinski definition) is 0.